The molecule has 2 bridgehead atoms. The second-order valence-corrected chi connectivity index (χ2v) is 10.1. The Morgan fingerprint density at radius 2 is 0.912 bits per heavy atom. The molecule has 2 aliphatic carbocycles. The van der Waals surface area contributed by atoms with E-state index in [9.17, 15) is 43.2 Å². The van der Waals surface area contributed by atoms with E-state index in [4.69, 9.17) is 0 Å². The lowest BCUT2D eigenvalue weighted by Crippen LogP contribution is -2.29. The smallest absolute Gasteiger partial charge is 0.375 e. The summed E-state index contributed by atoms with van der Waals surface area (Å²) < 4.78 is 132. The summed E-state index contributed by atoms with van der Waals surface area (Å²) in [7, 11) is -12.2. The number of fused-ring (bicyclic) bond motifs is 10. The molecule has 0 amide bonds. The van der Waals surface area contributed by atoms with E-state index in [1.165, 1.54) is 12.2 Å². The molecule has 0 saturated heterocycles. The van der Waals surface area contributed by atoms with Gasteiger partial charge in [-0.15, -0.1) is 0 Å². The Kier molecular flexibility index (Phi) is 8.86. The molecule has 0 saturated carbocycles. The van der Waals surface area contributed by atoms with Gasteiger partial charge in [-0.2, -0.15) is 43.2 Å². The number of allylic oxidation sites excluding steroid dienone is 4. The Balaban J connectivity index is 2.66. The van der Waals surface area contributed by atoms with E-state index in [0.717, 1.165) is 12.2 Å². The number of rotatable bonds is 4. The molecule has 34 heavy (non-hydrogen) atoms. The maximum absolute atomic E-state index is 12.9. The number of hydrogen-bond acceptors (Lipinski definition) is 6. The molecular formula is C20H20F6O6S2. The molecule has 14 heteroatoms. The third-order valence-electron chi connectivity index (χ3n) is 4.35. The Morgan fingerprint density at radius 1 is 0.588 bits per heavy atom. The molecule has 0 aromatic heterocycles. The highest BCUT2D eigenvalue weighted by Gasteiger charge is 2.50. The van der Waals surface area contributed by atoms with Gasteiger partial charge in [0.2, 0.25) is 0 Å². The minimum Gasteiger partial charge on any atom is -0.375 e. The molecule has 0 fully saturated rings. The summed E-state index contributed by atoms with van der Waals surface area (Å²) in [5.41, 5.74) is -12.4. The van der Waals surface area contributed by atoms with Gasteiger partial charge in [-0.05, 0) is 50.7 Å². The second-order valence-electron chi connectivity index (χ2n) is 7.03. The second kappa shape index (κ2) is 10.8. The molecule has 0 aliphatic heterocycles. The fourth-order valence-electron chi connectivity index (χ4n) is 2.69. The number of hydrogen-bond donors (Lipinski definition) is 0. The SMILES string of the molecule is O=S(=O)(Oc1cc2c(OS(=O)(=O)C(F)(F)F)cc1/C=C\CCC/C=C\CCC/C=C\2)C(F)(F)F. The average molecular weight is 534 g/mol. The number of alkyl halides is 6. The largest absolute Gasteiger partial charge is 0.534 e. The van der Waals surface area contributed by atoms with Crippen LogP contribution in [0.4, 0.5) is 26.3 Å². The van der Waals surface area contributed by atoms with Gasteiger partial charge >= 0.3 is 31.3 Å². The lowest BCUT2D eigenvalue weighted by atomic mass is 10.1. The van der Waals surface area contributed by atoms with Gasteiger partial charge in [0, 0.05) is 11.1 Å². The summed E-state index contributed by atoms with van der Waals surface area (Å²) in [6, 6.07) is 1.35. The van der Waals surface area contributed by atoms with Gasteiger partial charge in [0.15, 0.2) is 11.5 Å². The van der Waals surface area contributed by atoms with Crippen molar-refractivity contribution in [2.45, 2.75) is 49.5 Å². The van der Waals surface area contributed by atoms with Crippen LogP contribution in [0.5, 0.6) is 11.5 Å². The van der Waals surface area contributed by atoms with Crippen molar-refractivity contribution in [2.75, 3.05) is 0 Å². The Morgan fingerprint density at radius 3 is 1.24 bits per heavy atom. The fraction of sp³-hybridized carbons (Fsp3) is 0.400. The summed E-state index contributed by atoms with van der Waals surface area (Å²) in [4.78, 5) is 0. The van der Waals surface area contributed by atoms with Crippen LogP contribution in [0.15, 0.2) is 36.4 Å². The normalized spacial score (nSPS) is 19.4. The van der Waals surface area contributed by atoms with Crippen molar-refractivity contribution >= 4 is 32.4 Å². The predicted octanol–water partition coefficient (Wildman–Crippen LogP) is 6.08. The zero-order valence-corrected chi connectivity index (χ0v) is 19.0. The predicted molar refractivity (Wildman–Crippen MR) is 113 cm³/mol. The van der Waals surface area contributed by atoms with E-state index in [2.05, 4.69) is 8.37 Å². The molecule has 0 radical (unpaired) electrons. The molecule has 190 valence electrons. The van der Waals surface area contributed by atoms with Crippen molar-refractivity contribution in [1.82, 2.24) is 0 Å². The monoisotopic (exact) mass is 534 g/mol. The third kappa shape index (κ3) is 7.52. The Hall–Kier alpha value is -2.48. The molecule has 0 N–H and O–H groups in total. The Labute approximate surface area is 192 Å². The van der Waals surface area contributed by atoms with Gasteiger partial charge < -0.3 is 8.37 Å². The standard InChI is InChI=1S/C20H20F6O6S2/c21-19(22,23)33(27,28)31-17-14-16-12-10-8-6-4-2-1-3-5-7-9-11-15(17)13-18(16)32-34(29,30)20(24,25)26/h1-2,9-14H,3-8H2/b2-1-,11-9-,12-10-. The average Bonchev–Trinajstić information content (AvgIpc) is 2.68. The van der Waals surface area contributed by atoms with Gasteiger partial charge in [-0.25, -0.2) is 0 Å². The highest BCUT2D eigenvalue weighted by molar-refractivity contribution is 7.88. The fourth-order valence-corrected chi connectivity index (χ4v) is 3.64. The van der Waals surface area contributed by atoms with E-state index in [1.54, 1.807) is 0 Å². The highest BCUT2D eigenvalue weighted by Crippen LogP contribution is 2.37. The first-order valence-corrected chi connectivity index (χ1v) is 12.6. The molecule has 0 heterocycles. The zero-order chi connectivity index (χ0) is 25.6. The summed E-state index contributed by atoms with van der Waals surface area (Å²) in [6.45, 7) is 0. The highest BCUT2D eigenvalue weighted by atomic mass is 32.2. The van der Waals surface area contributed by atoms with Crippen LogP contribution in [-0.2, 0) is 20.2 Å². The molecule has 2 aliphatic rings. The van der Waals surface area contributed by atoms with E-state index in [-0.39, 0.29) is 0 Å². The van der Waals surface area contributed by atoms with Crippen LogP contribution in [0.3, 0.4) is 0 Å². The van der Waals surface area contributed by atoms with Gasteiger partial charge in [-0.1, -0.05) is 36.5 Å². The molecule has 1 aromatic rings. The summed E-state index contributed by atoms with van der Waals surface area (Å²) in [6.07, 6.45) is 12.4. The van der Waals surface area contributed by atoms with E-state index < -0.39 is 53.9 Å². The van der Waals surface area contributed by atoms with Crippen LogP contribution >= 0.6 is 0 Å². The minimum absolute atomic E-state index is 0.383. The van der Waals surface area contributed by atoms with Crippen LogP contribution in [0, 0.1) is 0 Å². The lowest BCUT2D eigenvalue weighted by molar-refractivity contribution is -0.0506. The third-order valence-corrected chi connectivity index (χ3v) is 6.28. The van der Waals surface area contributed by atoms with Crippen molar-refractivity contribution in [3.63, 3.8) is 0 Å². The molecule has 0 atom stereocenters. The topological polar surface area (TPSA) is 86.7 Å². The first-order valence-electron chi connectivity index (χ1n) is 9.82. The van der Waals surface area contributed by atoms with E-state index in [0.29, 0.717) is 50.7 Å². The number of benzene rings is 1. The van der Waals surface area contributed by atoms with Crippen molar-refractivity contribution in [3.05, 3.63) is 47.6 Å². The van der Waals surface area contributed by atoms with Crippen LogP contribution in [0.25, 0.3) is 12.2 Å². The zero-order valence-electron chi connectivity index (χ0n) is 17.4. The molecule has 0 spiro atoms. The minimum atomic E-state index is -6.12. The van der Waals surface area contributed by atoms with Gasteiger partial charge in [-0.3, -0.25) is 0 Å². The van der Waals surface area contributed by atoms with E-state index in [1.807, 2.05) is 12.2 Å². The van der Waals surface area contributed by atoms with Crippen molar-refractivity contribution in [2.24, 2.45) is 0 Å². The number of halogens is 6. The maximum Gasteiger partial charge on any atom is 0.534 e. The van der Waals surface area contributed by atoms with Crippen LogP contribution in [0.2, 0.25) is 0 Å². The van der Waals surface area contributed by atoms with Gasteiger partial charge in [0.25, 0.3) is 0 Å². The summed E-state index contributed by atoms with van der Waals surface area (Å²) >= 11 is 0. The molecule has 1 aromatic carbocycles. The van der Waals surface area contributed by atoms with Crippen molar-refractivity contribution < 1.29 is 51.5 Å². The van der Waals surface area contributed by atoms with Crippen LogP contribution in [0.1, 0.15) is 49.7 Å². The quantitative estimate of drug-likeness (QED) is 0.201. The van der Waals surface area contributed by atoms with Crippen LogP contribution in [-0.4, -0.2) is 27.9 Å². The molecule has 6 nitrogen and oxygen atoms in total. The molecular weight excluding hydrogens is 514 g/mol. The summed E-state index contributed by atoms with van der Waals surface area (Å²) in [5.74, 6) is -1.73. The first-order chi connectivity index (χ1) is 15.6. The van der Waals surface area contributed by atoms with Gasteiger partial charge in [0.1, 0.15) is 0 Å². The van der Waals surface area contributed by atoms with Crippen LogP contribution < -0.4 is 8.37 Å². The molecule has 0 unspecified atom stereocenters. The van der Waals surface area contributed by atoms with E-state index >= 15 is 0 Å². The first kappa shape index (κ1) is 27.8. The Bertz CT molecular complexity index is 1070. The lowest BCUT2D eigenvalue weighted by Gasteiger charge is -2.16. The van der Waals surface area contributed by atoms with Gasteiger partial charge in [0.05, 0.1) is 0 Å². The maximum atomic E-state index is 12.9. The molecule has 3 rings (SSSR count). The van der Waals surface area contributed by atoms with Crippen molar-refractivity contribution in [3.8, 4) is 11.5 Å². The summed E-state index contributed by atoms with van der Waals surface area (Å²) in [5, 5.41) is 0. The van der Waals surface area contributed by atoms with Crippen molar-refractivity contribution in [1.29, 1.82) is 0 Å².